The molecule has 0 aromatic rings. The van der Waals surface area contributed by atoms with Gasteiger partial charge in [0, 0.05) is 13.1 Å². The summed E-state index contributed by atoms with van der Waals surface area (Å²) < 4.78 is 64.0. The Morgan fingerprint density at radius 3 is 2.21 bits per heavy atom. The van der Waals surface area contributed by atoms with Crippen LogP contribution in [-0.4, -0.2) is 45.3 Å². The molecule has 0 amide bonds. The maximum atomic E-state index is 12.5. The first-order valence-electron chi connectivity index (χ1n) is 5.98. The maximum absolute atomic E-state index is 12.5. The van der Waals surface area contributed by atoms with Crippen molar-refractivity contribution >= 4 is 10.1 Å². The van der Waals surface area contributed by atoms with Crippen LogP contribution >= 0.6 is 0 Å². The molecule has 0 saturated carbocycles. The van der Waals surface area contributed by atoms with Gasteiger partial charge in [-0.05, 0) is 19.3 Å². The minimum Gasteiger partial charge on any atom is -0.266 e. The summed E-state index contributed by atoms with van der Waals surface area (Å²) in [4.78, 5) is 5.24. The van der Waals surface area contributed by atoms with E-state index in [2.05, 4.69) is 4.18 Å². The Balaban J connectivity index is 2.43. The minimum atomic E-state index is -4.18. The normalized spacial score (nSPS) is 21.5. The Bertz CT molecular complexity index is 377. The van der Waals surface area contributed by atoms with Crippen LogP contribution in [0.1, 0.15) is 26.2 Å². The SMILES string of the molecule is CCC(ON1CCC(C(F)(F)F)CC1)OS(C)(=O)=O. The lowest BCUT2D eigenvalue weighted by molar-refractivity contribution is -0.274. The quantitative estimate of drug-likeness (QED) is 0.573. The molecule has 1 atom stereocenters. The van der Waals surface area contributed by atoms with Gasteiger partial charge in [0.1, 0.15) is 0 Å². The highest BCUT2D eigenvalue weighted by molar-refractivity contribution is 7.86. The molecule has 114 valence electrons. The van der Waals surface area contributed by atoms with Crippen LogP contribution in [0.2, 0.25) is 0 Å². The van der Waals surface area contributed by atoms with Crippen molar-refractivity contribution in [3.63, 3.8) is 0 Å². The van der Waals surface area contributed by atoms with E-state index in [-0.39, 0.29) is 32.4 Å². The van der Waals surface area contributed by atoms with E-state index in [4.69, 9.17) is 4.84 Å². The lowest BCUT2D eigenvalue weighted by Crippen LogP contribution is -2.41. The fraction of sp³-hybridized carbons (Fsp3) is 1.00. The van der Waals surface area contributed by atoms with Crippen molar-refractivity contribution in [2.45, 2.75) is 38.7 Å². The first-order chi connectivity index (χ1) is 8.62. The number of halogens is 3. The number of hydroxylamine groups is 2. The van der Waals surface area contributed by atoms with Crippen molar-refractivity contribution in [1.29, 1.82) is 0 Å². The first-order valence-corrected chi connectivity index (χ1v) is 7.80. The van der Waals surface area contributed by atoms with Gasteiger partial charge in [0.2, 0.25) is 0 Å². The topological polar surface area (TPSA) is 55.8 Å². The van der Waals surface area contributed by atoms with E-state index in [1.807, 2.05) is 0 Å². The number of hydrogen-bond acceptors (Lipinski definition) is 5. The zero-order valence-electron chi connectivity index (χ0n) is 10.8. The Morgan fingerprint density at radius 1 is 1.32 bits per heavy atom. The predicted octanol–water partition coefficient (Wildman–Crippen LogP) is 1.90. The second-order valence-electron chi connectivity index (χ2n) is 4.49. The second kappa shape index (κ2) is 6.38. The summed E-state index contributed by atoms with van der Waals surface area (Å²) in [5.41, 5.74) is 0. The minimum absolute atomic E-state index is 0.0567. The molecule has 5 nitrogen and oxygen atoms in total. The number of alkyl halides is 3. The van der Waals surface area contributed by atoms with Crippen LogP contribution in [0.4, 0.5) is 13.2 Å². The zero-order valence-corrected chi connectivity index (χ0v) is 11.6. The number of piperidine rings is 1. The molecule has 0 N–H and O–H groups in total. The second-order valence-corrected chi connectivity index (χ2v) is 6.09. The summed E-state index contributed by atoms with van der Waals surface area (Å²) in [7, 11) is -3.65. The summed E-state index contributed by atoms with van der Waals surface area (Å²) in [6, 6.07) is 0. The summed E-state index contributed by atoms with van der Waals surface area (Å²) in [5.74, 6) is -1.32. The standard InChI is InChI=1S/C10H18F3NO4S/c1-3-9(18-19(2,15)16)17-14-6-4-8(5-7-14)10(11,12)13/h8-9H,3-7H2,1-2H3. The van der Waals surface area contributed by atoms with Crippen molar-refractivity contribution in [3.05, 3.63) is 0 Å². The molecule has 0 bridgehead atoms. The fourth-order valence-corrected chi connectivity index (χ4v) is 2.37. The van der Waals surface area contributed by atoms with E-state index in [0.717, 1.165) is 6.26 Å². The fourth-order valence-electron chi connectivity index (χ4n) is 1.81. The summed E-state index contributed by atoms with van der Waals surface area (Å²) in [5, 5.41) is 1.33. The van der Waals surface area contributed by atoms with Crippen molar-refractivity contribution in [1.82, 2.24) is 5.06 Å². The molecule has 0 spiro atoms. The van der Waals surface area contributed by atoms with Crippen LogP contribution in [0.3, 0.4) is 0 Å². The molecule has 0 aliphatic carbocycles. The molecule has 9 heteroatoms. The number of rotatable bonds is 5. The Morgan fingerprint density at radius 2 is 1.84 bits per heavy atom. The molecule has 19 heavy (non-hydrogen) atoms. The highest BCUT2D eigenvalue weighted by atomic mass is 32.2. The average molecular weight is 305 g/mol. The number of hydrogen-bond donors (Lipinski definition) is 0. The van der Waals surface area contributed by atoms with E-state index in [1.54, 1.807) is 6.92 Å². The largest absolute Gasteiger partial charge is 0.391 e. The third kappa shape index (κ3) is 6.07. The monoisotopic (exact) mass is 305 g/mol. The van der Waals surface area contributed by atoms with E-state index in [9.17, 15) is 21.6 Å². The molecule has 1 aliphatic heterocycles. The van der Waals surface area contributed by atoms with Crippen LogP contribution in [-0.2, 0) is 19.1 Å². The van der Waals surface area contributed by atoms with Crippen molar-refractivity contribution in [3.8, 4) is 0 Å². The molecule has 0 aromatic carbocycles. The van der Waals surface area contributed by atoms with Crippen LogP contribution < -0.4 is 0 Å². The smallest absolute Gasteiger partial charge is 0.266 e. The highest BCUT2D eigenvalue weighted by Gasteiger charge is 2.41. The Labute approximate surface area is 110 Å². The molecular weight excluding hydrogens is 287 g/mol. The van der Waals surface area contributed by atoms with Gasteiger partial charge in [-0.1, -0.05) is 6.92 Å². The van der Waals surface area contributed by atoms with Crippen molar-refractivity contribution in [2.75, 3.05) is 19.3 Å². The van der Waals surface area contributed by atoms with Crippen molar-refractivity contribution in [2.24, 2.45) is 5.92 Å². The first kappa shape index (κ1) is 16.7. The maximum Gasteiger partial charge on any atom is 0.391 e. The highest BCUT2D eigenvalue weighted by Crippen LogP contribution is 2.34. The van der Waals surface area contributed by atoms with E-state index in [1.165, 1.54) is 5.06 Å². The average Bonchev–Trinajstić information content (AvgIpc) is 2.26. The molecule has 0 aromatic heterocycles. The lowest BCUT2D eigenvalue weighted by Gasteiger charge is -2.33. The third-order valence-corrected chi connectivity index (χ3v) is 3.36. The number of nitrogens with zero attached hydrogens (tertiary/aromatic N) is 1. The molecule has 1 unspecified atom stereocenters. The van der Waals surface area contributed by atoms with Gasteiger partial charge in [-0.2, -0.15) is 26.7 Å². The molecular formula is C10H18F3NO4S. The molecule has 1 rings (SSSR count). The van der Waals surface area contributed by atoms with E-state index >= 15 is 0 Å². The van der Waals surface area contributed by atoms with Gasteiger partial charge >= 0.3 is 6.18 Å². The van der Waals surface area contributed by atoms with Gasteiger partial charge in [-0.3, -0.25) is 4.84 Å². The Kier molecular flexibility index (Phi) is 5.60. The van der Waals surface area contributed by atoms with E-state index < -0.39 is 28.5 Å². The van der Waals surface area contributed by atoms with Crippen LogP contribution in [0.5, 0.6) is 0 Å². The molecule has 1 heterocycles. The van der Waals surface area contributed by atoms with Gasteiger partial charge in [0.25, 0.3) is 10.1 Å². The van der Waals surface area contributed by atoms with Gasteiger partial charge < -0.3 is 0 Å². The Hall–Kier alpha value is -0.380. The zero-order chi connectivity index (χ0) is 14.7. The van der Waals surface area contributed by atoms with Crippen LogP contribution in [0, 0.1) is 5.92 Å². The molecule has 1 aliphatic rings. The van der Waals surface area contributed by atoms with Crippen LogP contribution in [0.25, 0.3) is 0 Å². The molecule has 1 saturated heterocycles. The van der Waals surface area contributed by atoms with Crippen molar-refractivity contribution < 1.29 is 30.6 Å². The van der Waals surface area contributed by atoms with Gasteiger partial charge in [0.15, 0.2) is 6.29 Å². The van der Waals surface area contributed by atoms with Crippen LogP contribution in [0.15, 0.2) is 0 Å². The van der Waals surface area contributed by atoms with E-state index in [0.29, 0.717) is 0 Å². The third-order valence-electron chi connectivity index (χ3n) is 2.80. The summed E-state index contributed by atoms with van der Waals surface area (Å²) in [6.45, 7) is 1.87. The van der Waals surface area contributed by atoms with Gasteiger partial charge in [-0.25, -0.2) is 4.18 Å². The summed E-state index contributed by atoms with van der Waals surface area (Å²) >= 11 is 0. The molecule has 1 fully saturated rings. The summed E-state index contributed by atoms with van der Waals surface area (Å²) in [6.07, 6.45) is -4.10. The molecule has 0 radical (unpaired) electrons. The van der Waals surface area contributed by atoms with Gasteiger partial charge in [-0.15, -0.1) is 0 Å². The lowest BCUT2D eigenvalue weighted by atomic mass is 9.97. The van der Waals surface area contributed by atoms with Gasteiger partial charge in [0.05, 0.1) is 12.2 Å². The predicted molar refractivity (Wildman–Crippen MR) is 61.4 cm³/mol.